The third-order valence-corrected chi connectivity index (χ3v) is 4.78. The van der Waals surface area contributed by atoms with E-state index in [2.05, 4.69) is 29.6 Å². The first-order valence-corrected chi connectivity index (χ1v) is 7.93. The summed E-state index contributed by atoms with van der Waals surface area (Å²) >= 11 is 0. The van der Waals surface area contributed by atoms with Gasteiger partial charge in [0, 0.05) is 6.54 Å². The first-order valence-electron chi connectivity index (χ1n) is 7.93. The lowest BCUT2D eigenvalue weighted by atomic mass is 10.0. The lowest BCUT2D eigenvalue weighted by Crippen LogP contribution is -2.52. The second-order valence-corrected chi connectivity index (χ2v) is 6.13. The van der Waals surface area contributed by atoms with Gasteiger partial charge in [0.1, 0.15) is 0 Å². The summed E-state index contributed by atoms with van der Waals surface area (Å²) in [7, 11) is 0. The number of hydrogen-bond donors (Lipinski definition) is 1. The normalized spacial score (nSPS) is 23.7. The quantitative estimate of drug-likeness (QED) is 0.926. The molecule has 22 heavy (non-hydrogen) atoms. The van der Waals surface area contributed by atoms with Gasteiger partial charge in [-0.05, 0) is 29.2 Å². The fourth-order valence-electron chi connectivity index (χ4n) is 3.67. The Morgan fingerprint density at radius 1 is 1.09 bits per heavy atom. The Morgan fingerprint density at radius 3 is 2.64 bits per heavy atom. The molecule has 2 aromatic carbocycles. The summed E-state index contributed by atoms with van der Waals surface area (Å²) in [6, 6.07) is 15.1. The molecule has 2 fully saturated rings. The highest BCUT2D eigenvalue weighted by molar-refractivity contribution is 5.86. The highest BCUT2D eigenvalue weighted by atomic mass is 16.5. The van der Waals surface area contributed by atoms with Gasteiger partial charge in [0.25, 0.3) is 0 Å². The molecule has 4 rings (SSSR count). The zero-order valence-corrected chi connectivity index (χ0v) is 12.5. The molecule has 0 aromatic heterocycles. The van der Waals surface area contributed by atoms with E-state index in [0.29, 0.717) is 19.8 Å². The van der Waals surface area contributed by atoms with Crippen molar-refractivity contribution in [1.29, 1.82) is 0 Å². The van der Waals surface area contributed by atoms with Crippen molar-refractivity contribution >= 4 is 16.8 Å². The van der Waals surface area contributed by atoms with E-state index < -0.39 is 0 Å². The summed E-state index contributed by atoms with van der Waals surface area (Å²) in [5, 5.41) is 5.51. The average Bonchev–Trinajstić information content (AvgIpc) is 2.81. The third kappa shape index (κ3) is 2.33. The van der Waals surface area contributed by atoms with Crippen LogP contribution in [0, 0.1) is 0 Å². The second kappa shape index (κ2) is 5.61. The van der Waals surface area contributed by atoms with Crippen molar-refractivity contribution in [3.63, 3.8) is 0 Å². The maximum absolute atomic E-state index is 12.5. The molecule has 4 heteroatoms. The number of morpholine rings is 1. The van der Waals surface area contributed by atoms with Crippen molar-refractivity contribution in [2.45, 2.75) is 31.5 Å². The van der Waals surface area contributed by atoms with Crippen LogP contribution in [-0.2, 0) is 11.3 Å². The number of rotatable bonds is 2. The predicted octanol–water partition coefficient (Wildman–Crippen LogP) is 2.91. The van der Waals surface area contributed by atoms with Crippen molar-refractivity contribution in [2.24, 2.45) is 0 Å². The van der Waals surface area contributed by atoms with Crippen LogP contribution < -0.4 is 5.32 Å². The fraction of sp³-hybridized carbons (Fsp3) is 0.389. The molecule has 2 bridgehead atoms. The van der Waals surface area contributed by atoms with Crippen molar-refractivity contribution in [3.8, 4) is 0 Å². The maximum Gasteiger partial charge on any atom is 0.318 e. The van der Waals surface area contributed by atoms with Crippen molar-refractivity contribution in [2.75, 3.05) is 13.2 Å². The largest absolute Gasteiger partial charge is 0.377 e. The van der Waals surface area contributed by atoms with E-state index in [9.17, 15) is 4.79 Å². The summed E-state index contributed by atoms with van der Waals surface area (Å²) in [5.41, 5.74) is 1.16. The average molecular weight is 296 g/mol. The number of fused-ring (bicyclic) bond motifs is 3. The van der Waals surface area contributed by atoms with Crippen LogP contribution in [0.4, 0.5) is 4.79 Å². The highest BCUT2D eigenvalue weighted by Crippen LogP contribution is 2.28. The summed E-state index contributed by atoms with van der Waals surface area (Å²) in [6.45, 7) is 1.92. The minimum absolute atomic E-state index is 0.0451. The van der Waals surface area contributed by atoms with E-state index >= 15 is 0 Å². The molecule has 2 aliphatic heterocycles. The van der Waals surface area contributed by atoms with Crippen LogP contribution in [0.2, 0.25) is 0 Å². The first-order chi connectivity index (χ1) is 10.8. The number of urea groups is 1. The Labute approximate surface area is 130 Å². The van der Waals surface area contributed by atoms with Crippen molar-refractivity contribution in [3.05, 3.63) is 48.0 Å². The molecule has 2 atom stereocenters. The molecule has 2 aliphatic rings. The molecular weight excluding hydrogens is 276 g/mol. The molecule has 2 saturated heterocycles. The van der Waals surface area contributed by atoms with E-state index in [-0.39, 0.29) is 18.1 Å². The SMILES string of the molecule is O=C(NCc1cccc2ccccc12)N1[C@@H]2CC[C@H]1COC2. The Kier molecular flexibility index (Phi) is 3.47. The minimum Gasteiger partial charge on any atom is -0.377 e. The molecule has 0 aliphatic carbocycles. The number of carbonyl (C=O) groups is 1. The maximum atomic E-state index is 12.5. The van der Waals surface area contributed by atoms with Gasteiger partial charge in [-0.25, -0.2) is 4.79 Å². The van der Waals surface area contributed by atoms with E-state index in [4.69, 9.17) is 4.74 Å². The number of amides is 2. The van der Waals surface area contributed by atoms with Crippen LogP contribution in [0.5, 0.6) is 0 Å². The number of ether oxygens (including phenoxy) is 1. The lowest BCUT2D eigenvalue weighted by Gasteiger charge is -2.34. The van der Waals surface area contributed by atoms with E-state index in [1.54, 1.807) is 0 Å². The van der Waals surface area contributed by atoms with Crippen LogP contribution in [0.15, 0.2) is 42.5 Å². The zero-order chi connectivity index (χ0) is 14.9. The summed E-state index contributed by atoms with van der Waals surface area (Å²) < 4.78 is 5.54. The van der Waals surface area contributed by atoms with Crippen LogP contribution in [0.3, 0.4) is 0 Å². The lowest BCUT2D eigenvalue weighted by molar-refractivity contribution is 0.00632. The summed E-state index contributed by atoms with van der Waals surface area (Å²) in [5.74, 6) is 0. The minimum atomic E-state index is 0.0451. The number of carbonyl (C=O) groups excluding carboxylic acids is 1. The predicted molar refractivity (Wildman–Crippen MR) is 85.7 cm³/mol. The number of hydrogen-bond acceptors (Lipinski definition) is 2. The van der Waals surface area contributed by atoms with Gasteiger partial charge < -0.3 is 15.0 Å². The van der Waals surface area contributed by atoms with Gasteiger partial charge in [-0.15, -0.1) is 0 Å². The Balaban J connectivity index is 1.49. The number of benzene rings is 2. The Hall–Kier alpha value is -2.07. The van der Waals surface area contributed by atoms with Crippen molar-refractivity contribution < 1.29 is 9.53 Å². The summed E-state index contributed by atoms with van der Waals surface area (Å²) in [6.07, 6.45) is 2.12. The van der Waals surface area contributed by atoms with Gasteiger partial charge in [0.15, 0.2) is 0 Å². The van der Waals surface area contributed by atoms with E-state index in [0.717, 1.165) is 18.4 Å². The van der Waals surface area contributed by atoms with Crippen LogP contribution in [-0.4, -0.2) is 36.2 Å². The third-order valence-electron chi connectivity index (χ3n) is 4.78. The summed E-state index contributed by atoms with van der Waals surface area (Å²) in [4.78, 5) is 14.5. The van der Waals surface area contributed by atoms with Crippen LogP contribution >= 0.6 is 0 Å². The molecule has 4 nitrogen and oxygen atoms in total. The van der Waals surface area contributed by atoms with E-state index in [1.807, 2.05) is 23.1 Å². The molecule has 114 valence electrons. The van der Waals surface area contributed by atoms with Gasteiger partial charge in [-0.2, -0.15) is 0 Å². The highest BCUT2D eigenvalue weighted by Gasteiger charge is 2.40. The smallest absolute Gasteiger partial charge is 0.318 e. The standard InChI is InChI=1S/C18H20N2O2/c21-18(20-15-8-9-16(20)12-22-11-15)19-10-14-6-3-5-13-4-1-2-7-17(13)14/h1-7,15-16H,8-12H2,(H,19,21)/t15-,16+. The second-order valence-electron chi connectivity index (χ2n) is 6.13. The number of nitrogens with zero attached hydrogens (tertiary/aromatic N) is 1. The van der Waals surface area contributed by atoms with Crippen molar-refractivity contribution in [1.82, 2.24) is 10.2 Å². The molecule has 0 radical (unpaired) electrons. The van der Waals surface area contributed by atoms with Crippen LogP contribution in [0.1, 0.15) is 18.4 Å². The fourth-order valence-corrected chi connectivity index (χ4v) is 3.67. The van der Waals surface area contributed by atoms with Gasteiger partial charge in [0.2, 0.25) is 0 Å². The molecular formula is C18H20N2O2. The molecule has 0 saturated carbocycles. The molecule has 2 aromatic rings. The van der Waals surface area contributed by atoms with Gasteiger partial charge in [-0.3, -0.25) is 0 Å². The topological polar surface area (TPSA) is 41.6 Å². The first kappa shape index (κ1) is 13.6. The van der Waals surface area contributed by atoms with E-state index in [1.165, 1.54) is 10.8 Å². The molecule has 0 unspecified atom stereocenters. The zero-order valence-electron chi connectivity index (χ0n) is 12.5. The van der Waals surface area contributed by atoms with Gasteiger partial charge >= 0.3 is 6.03 Å². The van der Waals surface area contributed by atoms with Crippen LogP contribution in [0.25, 0.3) is 10.8 Å². The molecule has 2 heterocycles. The number of nitrogens with one attached hydrogen (secondary N) is 1. The monoisotopic (exact) mass is 296 g/mol. The Bertz CT molecular complexity index is 679. The van der Waals surface area contributed by atoms with Gasteiger partial charge in [-0.1, -0.05) is 42.5 Å². The molecule has 1 N–H and O–H groups in total. The van der Waals surface area contributed by atoms with Gasteiger partial charge in [0.05, 0.1) is 25.3 Å². The molecule has 2 amide bonds. The molecule has 0 spiro atoms. The Morgan fingerprint density at radius 2 is 1.82 bits per heavy atom.